The molecule has 252 valence electrons. The number of unbranched alkanes of at least 4 members (excludes halogenated alkanes) is 6. The van der Waals surface area contributed by atoms with E-state index in [-0.39, 0.29) is 11.1 Å². The van der Waals surface area contributed by atoms with Crippen molar-refractivity contribution in [3.8, 4) is 22.3 Å². The summed E-state index contributed by atoms with van der Waals surface area (Å²) in [6, 6.07) is 13.2. The topological polar surface area (TPSA) is 0 Å². The summed E-state index contributed by atoms with van der Waals surface area (Å²) in [4.78, 5) is 0. The lowest BCUT2D eigenvalue weighted by atomic mass is 9.70. The van der Waals surface area contributed by atoms with Gasteiger partial charge in [-0.1, -0.05) is 119 Å². The number of rotatable bonds is 15. The van der Waals surface area contributed by atoms with Gasteiger partial charge in [-0.3, -0.25) is 0 Å². The lowest BCUT2D eigenvalue weighted by Gasteiger charge is -2.35. The van der Waals surface area contributed by atoms with Gasteiger partial charge in [0.15, 0.2) is 23.3 Å². The van der Waals surface area contributed by atoms with Crippen molar-refractivity contribution >= 4 is 5.57 Å². The quantitative estimate of drug-likeness (QED) is 0.0877. The predicted octanol–water partition coefficient (Wildman–Crippen LogP) is 13.8. The van der Waals surface area contributed by atoms with Crippen LogP contribution in [-0.2, 0) is 6.42 Å². The van der Waals surface area contributed by atoms with E-state index in [0.717, 1.165) is 62.4 Å². The lowest BCUT2D eigenvalue weighted by Crippen LogP contribution is -2.23. The Kier molecular flexibility index (Phi) is 13.0. The molecular formula is C43H52F4. The van der Waals surface area contributed by atoms with E-state index >= 15 is 13.2 Å². The second-order valence-electron chi connectivity index (χ2n) is 14.0. The van der Waals surface area contributed by atoms with Gasteiger partial charge in [0, 0.05) is 16.7 Å². The van der Waals surface area contributed by atoms with E-state index in [2.05, 4.69) is 19.6 Å². The van der Waals surface area contributed by atoms with Gasteiger partial charge >= 0.3 is 0 Å². The molecule has 0 N–H and O–H groups in total. The van der Waals surface area contributed by atoms with E-state index in [0.29, 0.717) is 34.6 Å². The summed E-state index contributed by atoms with van der Waals surface area (Å²) >= 11 is 0. The van der Waals surface area contributed by atoms with Crippen molar-refractivity contribution in [2.45, 2.75) is 116 Å². The molecule has 0 aromatic heterocycles. The molecule has 3 aromatic carbocycles. The van der Waals surface area contributed by atoms with Crippen molar-refractivity contribution < 1.29 is 17.6 Å². The van der Waals surface area contributed by atoms with Crippen molar-refractivity contribution in [1.82, 2.24) is 0 Å². The third kappa shape index (κ3) is 8.86. The fraction of sp³-hybridized carbons (Fsp3) is 0.488. The van der Waals surface area contributed by atoms with Crippen molar-refractivity contribution in [3.05, 3.63) is 102 Å². The SMILES string of the molecule is C=CCCC1CCC(C2CC=C(c3ccc(-c4ccc(-c5ccc(CCCCCCCCC)c(F)c5F)cc4)c(F)c3F)CC2)CC1. The summed E-state index contributed by atoms with van der Waals surface area (Å²) in [5.41, 5.74) is 2.97. The van der Waals surface area contributed by atoms with E-state index in [1.165, 1.54) is 57.8 Å². The minimum atomic E-state index is -0.872. The zero-order valence-corrected chi connectivity index (χ0v) is 28.2. The van der Waals surface area contributed by atoms with Crippen LogP contribution in [0.1, 0.15) is 121 Å². The lowest BCUT2D eigenvalue weighted by molar-refractivity contribution is 0.190. The number of aryl methyl sites for hydroxylation is 1. The first-order valence-corrected chi connectivity index (χ1v) is 18.3. The summed E-state index contributed by atoms with van der Waals surface area (Å²) in [6.07, 6.45) is 22.8. The highest BCUT2D eigenvalue weighted by Crippen LogP contribution is 2.43. The van der Waals surface area contributed by atoms with Crippen LogP contribution in [0, 0.1) is 41.0 Å². The molecule has 1 unspecified atom stereocenters. The highest BCUT2D eigenvalue weighted by Gasteiger charge is 2.29. The third-order valence-corrected chi connectivity index (χ3v) is 10.9. The van der Waals surface area contributed by atoms with E-state index < -0.39 is 23.3 Å². The number of allylic oxidation sites excluding steroid dienone is 3. The molecule has 0 spiro atoms. The average Bonchev–Trinajstić information content (AvgIpc) is 3.10. The zero-order valence-electron chi connectivity index (χ0n) is 28.2. The van der Waals surface area contributed by atoms with Crippen LogP contribution in [0.15, 0.2) is 67.3 Å². The minimum absolute atomic E-state index is 0.164. The van der Waals surface area contributed by atoms with E-state index in [1.54, 1.807) is 48.5 Å². The normalized spacial score (nSPS) is 19.9. The predicted molar refractivity (Wildman–Crippen MR) is 189 cm³/mol. The Bertz CT molecular complexity index is 1490. The van der Waals surface area contributed by atoms with Gasteiger partial charge in [0.25, 0.3) is 0 Å². The van der Waals surface area contributed by atoms with Crippen molar-refractivity contribution in [3.63, 3.8) is 0 Å². The van der Waals surface area contributed by atoms with Crippen molar-refractivity contribution in [1.29, 1.82) is 0 Å². The summed E-state index contributed by atoms with van der Waals surface area (Å²) in [5, 5.41) is 0. The molecule has 0 saturated heterocycles. The highest BCUT2D eigenvalue weighted by atomic mass is 19.2. The molecule has 0 heterocycles. The molecule has 1 atom stereocenters. The molecule has 2 aliphatic carbocycles. The maximum Gasteiger partial charge on any atom is 0.167 e. The van der Waals surface area contributed by atoms with Gasteiger partial charge in [-0.25, -0.2) is 17.6 Å². The van der Waals surface area contributed by atoms with Crippen LogP contribution in [0.4, 0.5) is 17.6 Å². The van der Waals surface area contributed by atoms with Crippen LogP contribution in [0.5, 0.6) is 0 Å². The van der Waals surface area contributed by atoms with Crippen LogP contribution < -0.4 is 0 Å². The molecule has 0 bridgehead atoms. The van der Waals surface area contributed by atoms with E-state index in [4.69, 9.17) is 0 Å². The number of benzene rings is 3. The van der Waals surface area contributed by atoms with Gasteiger partial charge in [-0.05, 0) is 97.8 Å². The fourth-order valence-corrected chi connectivity index (χ4v) is 7.96. The summed E-state index contributed by atoms with van der Waals surface area (Å²) in [5.74, 6) is -1.16. The number of hydrogen-bond donors (Lipinski definition) is 0. The Morgan fingerprint density at radius 3 is 1.83 bits per heavy atom. The second-order valence-corrected chi connectivity index (χ2v) is 14.0. The van der Waals surface area contributed by atoms with Gasteiger partial charge in [0.2, 0.25) is 0 Å². The molecule has 4 heteroatoms. The minimum Gasteiger partial charge on any atom is -0.203 e. The highest BCUT2D eigenvalue weighted by molar-refractivity contribution is 5.74. The summed E-state index contributed by atoms with van der Waals surface area (Å²) < 4.78 is 61.0. The second kappa shape index (κ2) is 17.3. The molecule has 0 radical (unpaired) electrons. The number of hydrogen-bond acceptors (Lipinski definition) is 0. The Hall–Kier alpha value is -3.14. The molecule has 1 fully saturated rings. The van der Waals surface area contributed by atoms with Gasteiger partial charge in [-0.15, -0.1) is 6.58 Å². The first kappa shape index (κ1) is 35.2. The van der Waals surface area contributed by atoms with E-state index in [1.807, 2.05) is 6.08 Å². The first-order valence-electron chi connectivity index (χ1n) is 18.3. The Morgan fingerprint density at radius 2 is 1.21 bits per heavy atom. The maximum absolute atomic E-state index is 15.5. The Labute approximate surface area is 280 Å². The molecule has 0 nitrogen and oxygen atoms in total. The molecule has 1 saturated carbocycles. The maximum atomic E-state index is 15.5. The van der Waals surface area contributed by atoms with E-state index in [9.17, 15) is 4.39 Å². The summed E-state index contributed by atoms with van der Waals surface area (Å²) in [6.45, 7) is 6.04. The summed E-state index contributed by atoms with van der Waals surface area (Å²) in [7, 11) is 0. The fourth-order valence-electron chi connectivity index (χ4n) is 7.96. The standard InChI is InChI=1S/C43H52F4/c1-3-5-7-8-9-10-11-13-36-26-27-37(41(45)40(36)44)34-22-24-35(25-23-34)39-29-28-38(42(46)43(39)47)33-20-18-32(19-21-33)31-16-14-30(15-17-31)12-6-4-2/h4,20,22-32H,2-3,5-19,21H2,1H3. The smallest absolute Gasteiger partial charge is 0.167 e. The zero-order chi connectivity index (χ0) is 33.2. The van der Waals surface area contributed by atoms with Crippen molar-refractivity contribution in [2.75, 3.05) is 0 Å². The molecule has 0 amide bonds. The molecule has 47 heavy (non-hydrogen) atoms. The van der Waals surface area contributed by atoms with Gasteiger partial charge in [0.1, 0.15) is 0 Å². The van der Waals surface area contributed by atoms with Gasteiger partial charge in [0.05, 0.1) is 0 Å². The number of halogens is 4. The molecule has 2 aliphatic rings. The first-order chi connectivity index (χ1) is 22.9. The van der Waals surface area contributed by atoms with Crippen LogP contribution in [0.25, 0.3) is 27.8 Å². The average molecular weight is 645 g/mol. The molecule has 3 aromatic rings. The van der Waals surface area contributed by atoms with Crippen molar-refractivity contribution in [2.24, 2.45) is 17.8 Å². The monoisotopic (exact) mass is 644 g/mol. The molecule has 5 rings (SSSR count). The Balaban J connectivity index is 1.20. The van der Waals surface area contributed by atoms with Crippen LogP contribution in [0.2, 0.25) is 0 Å². The van der Waals surface area contributed by atoms with Crippen LogP contribution >= 0.6 is 0 Å². The van der Waals surface area contributed by atoms with Crippen LogP contribution in [-0.4, -0.2) is 0 Å². The van der Waals surface area contributed by atoms with Crippen LogP contribution in [0.3, 0.4) is 0 Å². The third-order valence-electron chi connectivity index (χ3n) is 10.9. The Morgan fingerprint density at radius 1 is 0.638 bits per heavy atom. The molecule has 0 aliphatic heterocycles. The molecular weight excluding hydrogens is 592 g/mol. The largest absolute Gasteiger partial charge is 0.203 e. The van der Waals surface area contributed by atoms with Gasteiger partial charge < -0.3 is 0 Å². The van der Waals surface area contributed by atoms with Gasteiger partial charge in [-0.2, -0.15) is 0 Å².